The maximum absolute atomic E-state index is 12.3. The topological polar surface area (TPSA) is 67.8 Å². The summed E-state index contributed by atoms with van der Waals surface area (Å²) >= 11 is 0. The van der Waals surface area contributed by atoms with Gasteiger partial charge in [-0.15, -0.1) is 0 Å². The molecule has 1 aliphatic rings. The van der Waals surface area contributed by atoms with E-state index in [0.717, 1.165) is 29.0 Å². The Balaban J connectivity index is 1.61. The van der Waals surface area contributed by atoms with Crippen LogP contribution in [0.25, 0.3) is 0 Å². The average Bonchev–Trinajstić information content (AvgIpc) is 2.65. The first-order valence-corrected chi connectivity index (χ1v) is 8.63. The number of aromatic hydroxyl groups is 1. The molecule has 1 aliphatic heterocycles. The monoisotopic (exact) mass is 341 g/mol. The first-order valence-electron chi connectivity index (χ1n) is 8.63. The van der Waals surface area contributed by atoms with Gasteiger partial charge in [0.2, 0.25) is 5.91 Å². The highest BCUT2D eigenvalue weighted by Gasteiger charge is 2.17. The molecule has 0 spiro atoms. The van der Waals surface area contributed by atoms with Gasteiger partial charge in [0.25, 0.3) is 0 Å². The van der Waals surface area contributed by atoms with Crippen molar-refractivity contribution in [2.24, 2.45) is 0 Å². The van der Waals surface area contributed by atoms with Crippen LogP contribution in [0, 0.1) is 0 Å². The molecule has 0 bridgehead atoms. The smallest absolute Gasteiger partial charge is 0.220 e. The van der Waals surface area contributed by atoms with Crippen molar-refractivity contribution in [1.29, 1.82) is 0 Å². The number of fused-ring (bicyclic) bond motifs is 1. The number of phenols is 1. The zero-order valence-corrected chi connectivity index (χ0v) is 14.3. The number of ether oxygens (including phenoxy) is 2. The fraction of sp³-hybridized carbons (Fsp3) is 0.350. The molecule has 0 aliphatic carbocycles. The molecule has 5 heteroatoms. The maximum atomic E-state index is 12.3. The molecule has 0 radical (unpaired) electrons. The number of carbonyl (C=O) groups excluding carboxylic acids is 1. The highest BCUT2D eigenvalue weighted by molar-refractivity contribution is 5.76. The number of phenolic OH excluding ortho intramolecular Hbond substituents is 1. The molecule has 0 aromatic heterocycles. The van der Waals surface area contributed by atoms with Gasteiger partial charge in [0.15, 0.2) is 11.5 Å². The molecule has 3 rings (SSSR count). The third-order valence-electron chi connectivity index (χ3n) is 4.33. The first-order chi connectivity index (χ1) is 12.2. The van der Waals surface area contributed by atoms with Crippen molar-refractivity contribution < 1.29 is 19.4 Å². The van der Waals surface area contributed by atoms with Crippen LogP contribution >= 0.6 is 0 Å². The third-order valence-corrected chi connectivity index (χ3v) is 4.33. The van der Waals surface area contributed by atoms with Gasteiger partial charge in [0, 0.05) is 6.42 Å². The van der Waals surface area contributed by atoms with Gasteiger partial charge in [-0.05, 0) is 42.2 Å². The zero-order chi connectivity index (χ0) is 17.6. The lowest BCUT2D eigenvalue weighted by molar-refractivity contribution is -0.121. The number of amides is 1. The summed E-state index contributed by atoms with van der Waals surface area (Å²) in [6, 6.07) is 12.8. The van der Waals surface area contributed by atoms with E-state index >= 15 is 0 Å². The zero-order valence-electron chi connectivity index (χ0n) is 14.3. The van der Waals surface area contributed by atoms with E-state index in [9.17, 15) is 9.90 Å². The summed E-state index contributed by atoms with van der Waals surface area (Å²) < 4.78 is 11.2. The fourth-order valence-corrected chi connectivity index (χ4v) is 2.93. The number of benzene rings is 2. The van der Waals surface area contributed by atoms with Crippen LogP contribution in [0.15, 0.2) is 42.5 Å². The Morgan fingerprint density at radius 2 is 1.92 bits per heavy atom. The second kappa shape index (κ2) is 7.92. The van der Waals surface area contributed by atoms with Crippen LogP contribution in [0.5, 0.6) is 17.2 Å². The summed E-state index contributed by atoms with van der Waals surface area (Å²) in [5.41, 5.74) is 1.78. The number of rotatable bonds is 6. The summed E-state index contributed by atoms with van der Waals surface area (Å²) in [5, 5.41) is 12.8. The molecule has 1 atom stereocenters. The number of aryl methyl sites for hydroxylation is 1. The Labute approximate surface area is 147 Å². The van der Waals surface area contributed by atoms with Crippen LogP contribution in [-0.4, -0.2) is 24.2 Å². The predicted octanol–water partition coefficient (Wildman–Crippen LogP) is 3.36. The van der Waals surface area contributed by atoms with E-state index in [1.54, 1.807) is 12.1 Å². The van der Waals surface area contributed by atoms with Gasteiger partial charge in [0.1, 0.15) is 19.0 Å². The lowest BCUT2D eigenvalue weighted by Crippen LogP contribution is -2.28. The van der Waals surface area contributed by atoms with Crippen molar-refractivity contribution in [3.8, 4) is 17.2 Å². The standard InChI is InChI=1S/C20H23NO4/c1-2-16(15-7-9-18-19(13-15)25-12-11-24-18)21-20(23)10-8-14-5-3-4-6-17(14)22/h3-7,9,13,16,22H,2,8,10-12H2,1H3,(H,21,23). The van der Waals surface area contributed by atoms with Crippen molar-refractivity contribution in [3.63, 3.8) is 0 Å². The molecule has 2 N–H and O–H groups in total. The average molecular weight is 341 g/mol. The molecule has 0 saturated carbocycles. The van der Waals surface area contributed by atoms with Gasteiger partial charge in [-0.3, -0.25) is 4.79 Å². The van der Waals surface area contributed by atoms with E-state index in [4.69, 9.17) is 9.47 Å². The number of hydrogen-bond donors (Lipinski definition) is 2. The molecule has 1 unspecified atom stereocenters. The van der Waals surface area contributed by atoms with Crippen LogP contribution in [0.3, 0.4) is 0 Å². The lowest BCUT2D eigenvalue weighted by atomic mass is 10.0. The van der Waals surface area contributed by atoms with Crippen molar-refractivity contribution in [2.45, 2.75) is 32.2 Å². The van der Waals surface area contributed by atoms with Gasteiger partial charge in [0.05, 0.1) is 6.04 Å². The lowest BCUT2D eigenvalue weighted by Gasteiger charge is -2.22. The molecule has 2 aromatic carbocycles. The van der Waals surface area contributed by atoms with E-state index in [-0.39, 0.29) is 17.7 Å². The normalized spacial score (nSPS) is 14.0. The van der Waals surface area contributed by atoms with E-state index in [1.807, 2.05) is 37.3 Å². The second-order valence-corrected chi connectivity index (χ2v) is 6.06. The van der Waals surface area contributed by atoms with Crippen LogP contribution in [-0.2, 0) is 11.2 Å². The molecule has 25 heavy (non-hydrogen) atoms. The first kappa shape index (κ1) is 17.1. The summed E-state index contributed by atoms with van der Waals surface area (Å²) in [6.45, 7) is 3.14. The Morgan fingerprint density at radius 1 is 1.16 bits per heavy atom. The summed E-state index contributed by atoms with van der Waals surface area (Å²) in [7, 11) is 0. The van der Waals surface area contributed by atoms with Gasteiger partial charge in [-0.25, -0.2) is 0 Å². The molecule has 0 fully saturated rings. The maximum Gasteiger partial charge on any atom is 0.220 e. The SMILES string of the molecule is CCC(NC(=O)CCc1ccccc1O)c1ccc2c(c1)OCCO2. The quantitative estimate of drug-likeness (QED) is 0.845. The summed E-state index contributed by atoms with van der Waals surface area (Å²) in [5.74, 6) is 1.67. The van der Waals surface area contributed by atoms with E-state index in [1.165, 1.54) is 0 Å². The minimum absolute atomic E-state index is 0.0370. The van der Waals surface area contributed by atoms with E-state index < -0.39 is 0 Å². The Bertz CT molecular complexity index is 744. The van der Waals surface area contributed by atoms with Gasteiger partial charge < -0.3 is 19.9 Å². The fourth-order valence-electron chi connectivity index (χ4n) is 2.93. The van der Waals surface area contributed by atoms with Crippen molar-refractivity contribution in [2.75, 3.05) is 13.2 Å². The number of carbonyl (C=O) groups is 1. The van der Waals surface area contributed by atoms with Crippen molar-refractivity contribution in [1.82, 2.24) is 5.32 Å². The van der Waals surface area contributed by atoms with Crippen LogP contribution in [0.2, 0.25) is 0 Å². The largest absolute Gasteiger partial charge is 0.508 e. The van der Waals surface area contributed by atoms with Crippen molar-refractivity contribution in [3.05, 3.63) is 53.6 Å². The van der Waals surface area contributed by atoms with Gasteiger partial charge in [-0.2, -0.15) is 0 Å². The van der Waals surface area contributed by atoms with Crippen molar-refractivity contribution >= 4 is 5.91 Å². The second-order valence-electron chi connectivity index (χ2n) is 6.06. The molecule has 1 amide bonds. The Morgan fingerprint density at radius 3 is 2.68 bits per heavy atom. The molecule has 1 heterocycles. The Kier molecular flexibility index (Phi) is 5.43. The molecule has 2 aromatic rings. The Hall–Kier alpha value is -2.69. The highest BCUT2D eigenvalue weighted by Crippen LogP contribution is 2.33. The van der Waals surface area contributed by atoms with Crippen LogP contribution in [0.1, 0.15) is 36.9 Å². The minimum atomic E-state index is -0.0762. The molecule has 132 valence electrons. The number of para-hydroxylation sites is 1. The van der Waals surface area contributed by atoms with Gasteiger partial charge in [-0.1, -0.05) is 31.2 Å². The van der Waals surface area contributed by atoms with Gasteiger partial charge >= 0.3 is 0 Å². The van der Waals surface area contributed by atoms with E-state index in [2.05, 4.69) is 5.32 Å². The van der Waals surface area contributed by atoms with Crippen LogP contribution < -0.4 is 14.8 Å². The summed E-state index contributed by atoms with van der Waals surface area (Å²) in [6.07, 6.45) is 1.62. The molecular weight excluding hydrogens is 318 g/mol. The van der Waals surface area contributed by atoms with Crippen LogP contribution in [0.4, 0.5) is 0 Å². The number of hydrogen-bond acceptors (Lipinski definition) is 4. The predicted molar refractivity (Wildman–Crippen MR) is 95.0 cm³/mol. The number of nitrogens with one attached hydrogen (secondary N) is 1. The minimum Gasteiger partial charge on any atom is -0.508 e. The van der Waals surface area contributed by atoms with E-state index in [0.29, 0.717) is 26.1 Å². The highest BCUT2D eigenvalue weighted by atomic mass is 16.6. The summed E-state index contributed by atoms with van der Waals surface area (Å²) in [4.78, 5) is 12.3. The molecule has 0 saturated heterocycles. The molecule has 5 nitrogen and oxygen atoms in total. The molecular formula is C20H23NO4. The third kappa shape index (κ3) is 4.24.